The third-order valence-corrected chi connectivity index (χ3v) is 6.09. The van der Waals surface area contributed by atoms with Gasteiger partial charge in [0.15, 0.2) is 0 Å². The lowest BCUT2D eigenvalue weighted by Crippen LogP contribution is -2.45. The van der Waals surface area contributed by atoms with E-state index in [2.05, 4.69) is 41.2 Å². The van der Waals surface area contributed by atoms with Crippen molar-refractivity contribution in [2.24, 2.45) is 11.8 Å². The molecule has 4 nitrogen and oxygen atoms in total. The standard InChI is InChI=1S/C21H24ClN3O/c1-14-7-8-19(23-11-14)25-12-15-9-21(2,10-16(15)13-25)24-20(26)17-5-3-4-6-18(17)22/h3-8,11,15-16H,9-10,12-13H2,1-2H3,(H,24,26). The van der Waals surface area contributed by atoms with Gasteiger partial charge in [0.05, 0.1) is 10.6 Å². The van der Waals surface area contributed by atoms with E-state index in [0.717, 1.165) is 31.7 Å². The zero-order valence-electron chi connectivity index (χ0n) is 15.2. The van der Waals surface area contributed by atoms with Crippen LogP contribution in [-0.4, -0.2) is 29.5 Å². The van der Waals surface area contributed by atoms with E-state index in [0.29, 0.717) is 22.4 Å². The summed E-state index contributed by atoms with van der Waals surface area (Å²) in [6.45, 7) is 6.24. The molecule has 26 heavy (non-hydrogen) atoms. The molecule has 0 spiro atoms. The van der Waals surface area contributed by atoms with E-state index in [4.69, 9.17) is 11.6 Å². The Morgan fingerprint density at radius 2 is 1.88 bits per heavy atom. The summed E-state index contributed by atoms with van der Waals surface area (Å²) in [7, 11) is 0. The molecule has 1 N–H and O–H groups in total. The van der Waals surface area contributed by atoms with E-state index < -0.39 is 0 Å². The molecular formula is C21H24ClN3O. The van der Waals surface area contributed by atoms with Crippen LogP contribution in [0.25, 0.3) is 0 Å². The highest BCUT2D eigenvalue weighted by Crippen LogP contribution is 2.44. The monoisotopic (exact) mass is 369 g/mol. The third-order valence-electron chi connectivity index (χ3n) is 5.76. The summed E-state index contributed by atoms with van der Waals surface area (Å²) in [6.07, 6.45) is 3.92. The number of hydrogen-bond acceptors (Lipinski definition) is 3. The molecule has 1 aliphatic heterocycles. The predicted octanol–water partition coefficient (Wildman–Crippen LogP) is 4.08. The van der Waals surface area contributed by atoms with Gasteiger partial charge in [-0.1, -0.05) is 29.8 Å². The Hall–Kier alpha value is -2.07. The van der Waals surface area contributed by atoms with Crippen LogP contribution < -0.4 is 10.2 Å². The number of anilines is 1. The van der Waals surface area contributed by atoms with Crippen molar-refractivity contribution in [2.75, 3.05) is 18.0 Å². The number of rotatable bonds is 3. The summed E-state index contributed by atoms with van der Waals surface area (Å²) in [5.41, 5.74) is 1.57. The first-order valence-corrected chi connectivity index (χ1v) is 9.56. The zero-order valence-corrected chi connectivity index (χ0v) is 16.0. The lowest BCUT2D eigenvalue weighted by molar-refractivity contribution is 0.0905. The van der Waals surface area contributed by atoms with Crippen LogP contribution in [0, 0.1) is 18.8 Å². The molecule has 1 aromatic carbocycles. The predicted molar refractivity (Wildman–Crippen MR) is 105 cm³/mol. The van der Waals surface area contributed by atoms with E-state index in [9.17, 15) is 4.79 Å². The highest BCUT2D eigenvalue weighted by Gasteiger charge is 2.47. The molecule has 1 amide bonds. The molecule has 0 bridgehead atoms. The summed E-state index contributed by atoms with van der Waals surface area (Å²) in [5.74, 6) is 2.17. The molecule has 1 saturated heterocycles. The molecule has 2 aromatic rings. The quantitative estimate of drug-likeness (QED) is 0.886. The van der Waals surface area contributed by atoms with Crippen molar-refractivity contribution >= 4 is 23.3 Å². The highest BCUT2D eigenvalue weighted by molar-refractivity contribution is 6.33. The fourth-order valence-electron chi connectivity index (χ4n) is 4.56. The molecule has 5 heteroatoms. The molecule has 4 rings (SSSR count). The van der Waals surface area contributed by atoms with E-state index in [1.165, 1.54) is 5.56 Å². The molecule has 0 radical (unpaired) electrons. The molecule has 1 saturated carbocycles. The smallest absolute Gasteiger partial charge is 0.253 e. The zero-order chi connectivity index (χ0) is 18.3. The van der Waals surface area contributed by atoms with Gasteiger partial charge in [0.1, 0.15) is 5.82 Å². The molecule has 2 atom stereocenters. The van der Waals surface area contributed by atoms with E-state index in [1.54, 1.807) is 12.1 Å². The van der Waals surface area contributed by atoms with Crippen LogP contribution in [0.5, 0.6) is 0 Å². The van der Waals surface area contributed by atoms with Crippen molar-refractivity contribution in [3.63, 3.8) is 0 Å². The molecule has 2 unspecified atom stereocenters. The minimum Gasteiger partial charge on any atom is -0.356 e. The van der Waals surface area contributed by atoms with Crippen molar-refractivity contribution in [1.29, 1.82) is 0 Å². The Bertz CT molecular complexity index is 806. The van der Waals surface area contributed by atoms with Crippen LogP contribution in [-0.2, 0) is 0 Å². The largest absolute Gasteiger partial charge is 0.356 e. The summed E-state index contributed by atoms with van der Waals surface area (Å²) >= 11 is 6.17. The van der Waals surface area contributed by atoms with Gasteiger partial charge in [-0.25, -0.2) is 4.98 Å². The second-order valence-electron chi connectivity index (χ2n) is 8.02. The summed E-state index contributed by atoms with van der Waals surface area (Å²) < 4.78 is 0. The second-order valence-corrected chi connectivity index (χ2v) is 8.43. The van der Waals surface area contributed by atoms with Gasteiger partial charge in [0.2, 0.25) is 0 Å². The van der Waals surface area contributed by atoms with Crippen LogP contribution in [0.4, 0.5) is 5.82 Å². The van der Waals surface area contributed by atoms with Crippen molar-refractivity contribution in [1.82, 2.24) is 10.3 Å². The fourth-order valence-corrected chi connectivity index (χ4v) is 4.79. The maximum Gasteiger partial charge on any atom is 0.253 e. The van der Waals surface area contributed by atoms with Crippen LogP contribution >= 0.6 is 11.6 Å². The maximum absolute atomic E-state index is 12.6. The number of pyridine rings is 1. The minimum absolute atomic E-state index is 0.0740. The summed E-state index contributed by atoms with van der Waals surface area (Å²) in [4.78, 5) is 19.6. The van der Waals surface area contributed by atoms with Gasteiger partial charge >= 0.3 is 0 Å². The number of aromatic nitrogens is 1. The van der Waals surface area contributed by atoms with Gasteiger partial charge in [-0.3, -0.25) is 4.79 Å². The lowest BCUT2D eigenvalue weighted by atomic mass is 9.97. The van der Waals surface area contributed by atoms with E-state index >= 15 is 0 Å². The molecule has 2 heterocycles. The van der Waals surface area contributed by atoms with E-state index in [1.807, 2.05) is 18.3 Å². The Morgan fingerprint density at radius 1 is 1.19 bits per heavy atom. The molecule has 2 fully saturated rings. The van der Waals surface area contributed by atoms with E-state index in [-0.39, 0.29) is 11.4 Å². The van der Waals surface area contributed by atoms with Crippen LogP contribution in [0.1, 0.15) is 35.7 Å². The number of hydrogen-bond donors (Lipinski definition) is 1. The Kier molecular flexibility index (Phi) is 4.39. The number of aryl methyl sites for hydroxylation is 1. The average molecular weight is 370 g/mol. The molecule has 1 aromatic heterocycles. The first-order valence-electron chi connectivity index (χ1n) is 9.18. The summed E-state index contributed by atoms with van der Waals surface area (Å²) in [5, 5.41) is 3.75. The lowest BCUT2D eigenvalue weighted by Gasteiger charge is -2.29. The first kappa shape index (κ1) is 17.3. The number of fused-ring (bicyclic) bond motifs is 1. The summed E-state index contributed by atoms with van der Waals surface area (Å²) in [6, 6.07) is 11.4. The minimum atomic E-state index is -0.168. The van der Waals surface area contributed by atoms with Crippen molar-refractivity contribution in [3.05, 3.63) is 58.7 Å². The third kappa shape index (κ3) is 3.30. The molecule has 2 aliphatic rings. The van der Waals surface area contributed by atoms with Gasteiger partial charge in [-0.15, -0.1) is 0 Å². The van der Waals surface area contributed by atoms with Gasteiger partial charge < -0.3 is 10.2 Å². The Labute approximate surface area is 159 Å². The van der Waals surface area contributed by atoms with Gasteiger partial charge in [0, 0.05) is 24.8 Å². The number of carbonyl (C=O) groups excluding carboxylic acids is 1. The van der Waals surface area contributed by atoms with Gasteiger partial charge in [-0.2, -0.15) is 0 Å². The number of carbonyl (C=O) groups is 1. The van der Waals surface area contributed by atoms with Crippen molar-refractivity contribution in [2.45, 2.75) is 32.2 Å². The highest BCUT2D eigenvalue weighted by atomic mass is 35.5. The molecule has 136 valence electrons. The molecular weight excluding hydrogens is 346 g/mol. The normalized spacial score (nSPS) is 27.4. The van der Waals surface area contributed by atoms with Crippen molar-refractivity contribution in [3.8, 4) is 0 Å². The van der Waals surface area contributed by atoms with Crippen LogP contribution in [0.2, 0.25) is 5.02 Å². The Balaban J connectivity index is 1.41. The number of nitrogens with one attached hydrogen (secondary N) is 1. The average Bonchev–Trinajstić information content (AvgIpc) is 3.10. The number of amides is 1. The number of nitrogens with zero attached hydrogens (tertiary/aromatic N) is 2. The molecule has 1 aliphatic carbocycles. The Morgan fingerprint density at radius 3 is 2.50 bits per heavy atom. The number of halogens is 1. The van der Waals surface area contributed by atoms with Crippen LogP contribution in [0.15, 0.2) is 42.6 Å². The second kappa shape index (κ2) is 6.58. The van der Waals surface area contributed by atoms with Crippen molar-refractivity contribution < 1.29 is 4.79 Å². The van der Waals surface area contributed by atoms with Gasteiger partial charge in [0.25, 0.3) is 5.91 Å². The first-order chi connectivity index (χ1) is 12.4. The topological polar surface area (TPSA) is 45.2 Å². The van der Waals surface area contributed by atoms with Gasteiger partial charge in [-0.05, 0) is 62.3 Å². The maximum atomic E-state index is 12.6. The number of benzene rings is 1. The van der Waals surface area contributed by atoms with Crippen LogP contribution in [0.3, 0.4) is 0 Å². The SMILES string of the molecule is Cc1ccc(N2CC3CC(C)(NC(=O)c4ccccc4Cl)CC3C2)nc1. The fraction of sp³-hybridized carbons (Fsp3) is 0.429.